The molecule has 0 aliphatic heterocycles. The molecule has 0 amide bonds. The molecular weight excluding hydrogens is 144 g/mol. The Morgan fingerprint density at radius 3 is 2.64 bits per heavy atom. The van der Waals surface area contributed by atoms with E-state index in [0.717, 1.165) is 0 Å². The molecule has 0 spiro atoms. The highest BCUT2D eigenvalue weighted by atomic mass is 16.5. The summed E-state index contributed by atoms with van der Waals surface area (Å²) in [4.78, 5) is 10.8. The van der Waals surface area contributed by atoms with E-state index in [2.05, 4.69) is 11.3 Å². The number of carbonyl (C=O) groups excluding carboxylic acids is 1. The fourth-order valence-corrected chi connectivity index (χ4v) is 0.556. The van der Waals surface area contributed by atoms with Gasteiger partial charge in [-0.2, -0.15) is 0 Å². The van der Waals surface area contributed by atoms with Gasteiger partial charge < -0.3 is 9.84 Å². The number of rotatable bonds is 4. The zero-order valence-corrected chi connectivity index (χ0v) is 6.96. The van der Waals surface area contributed by atoms with Gasteiger partial charge in [0.05, 0.1) is 12.0 Å². The molecule has 3 heteroatoms. The molecule has 0 bridgehead atoms. The lowest BCUT2D eigenvalue weighted by Gasteiger charge is -2.14. The number of ether oxygens (including phenoxy) is 1. The van der Waals surface area contributed by atoms with E-state index in [4.69, 9.17) is 5.11 Å². The normalized spacial score (nSPS) is 10.8. The maximum absolute atomic E-state index is 10.8. The van der Waals surface area contributed by atoms with Crippen LogP contribution in [0.1, 0.15) is 20.3 Å². The predicted octanol–water partition coefficient (Wildman–Crippen LogP) is 0.877. The van der Waals surface area contributed by atoms with E-state index < -0.39 is 11.6 Å². The maximum atomic E-state index is 10.8. The quantitative estimate of drug-likeness (QED) is 0.488. The summed E-state index contributed by atoms with van der Waals surface area (Å²) in [5, 5.41) is 9.16. The van der Waals surface area contributed by atoms with Crippen LogP contribution in [0.3, 0.4) is 0 Å². The highest BCUT2D eigenvalue weighted by Gasteiger charge is 2.18. The fourth-order valence-electron chi connectivity index (χ4n) is 0.556. The molecule has 0 aromatic carbocycles. The summed E-state index contributed by atoms with van der Waals surface area (Å²) in [5.74, 6) is -0.405. The second-order valence-corrected chi connectivity index (χ2v) is 2.96. The lowest BCUT2D eigenvalue weighted by atomic mass is 10.1. The number of carbonyl (C=O) groups is 1. The summed E-state index contributed by atoms with van der Waals surface area (Å²) >= 11 is 0. The third-order valence-electron chi connectivity index (χ3n) is 0.939. The summed E-state index contributed by atoms with van der Waals surface area (Å²) < 4.78 is 4.65. The zero-order chi connectivity index (χ0) is 8.91. The van der Waals surface area contributed by atoms with Crippen molar-refractivity contribution in [3.05, 3.63) is 12.7 Å². The maximum Gasteiger partial charge on any atom is 0.308 e. The summed E-state index contributed by atoms with van der Waals surface area (Å²) in [7, 11) is 0. The highest BCUT2D eigenvalue weighted by Crippen LogP contribution is 2.07. The molecule has 0 rings (SSSR count). The molecule has 0 heterocycles. The largest absolute Gasteiger partial charge is 0.461 e. The molecule has 1 N–H and O–H groups in total. The SMILES string of the molecule is C=CCOC(=O)CC(C)(C)O. The third-order valence-corrected chi connectivity index (χ3v) is 0.939. The van der Waals surface area contributed by atoms with Gasteiger partial charge in [-0.1, -0.05) is 12.7 Å². The first kappa shape index (κ1) is 10.2. The van der Waals surface area contributed by atoms with E-state index in [0.29, 0.717) is 0 Å². The fraction of sp³-hybridized carbons (Fsp3) is 0.625. The van der Waals surface area contributed by atoms with Crippen molar-refractivity contribution in [3.63, 3.8) is 0 Å². The van der Waals surface area contributed by atoms with Crippen LogP contribution < -0.4 is 0 Å². The van der Waals surface area contributed by atoms with Gasteiger partial charge in [-0.25, -0.2) is 0 Å². The van der Waals surface area contributed by atoms with Gasteiger partial charge in [0.15, 0.2) is 0 Å². The van der Waals surface area contributed by atoms with Crippen LogP contribution in [0.5, 0.6) is 0 Å². The molecule has 0 saturated heterocycles. The van der Waals surface area contributed by atoms with Crippen molar-refractivity contribution in [2.45, 2.75) is 25.9 Å². The lowest BCUT2D eigenvalue weighted by Crippen LogP contribution is -2.24. The van der Waals surface area contributed by atoms with Gasteiger partial charge in [0.2, 0.25) is 0 Å². The van der Waals surface area contributed by atoms with Crippen LogP contribution in [0.4, 0.5) is 0 Å². The summed E-state index contributed by atoms with van der Waals surface area (Å²) in [6.45, 7) is 6.71. The lowest BCUT2D eigenvalue weighted by molar-refractivity contribution is -0.146. The van der Waals surface area contributed by atoms with Gasteiger partial charge in [0.1, 0.15) is 6.61 Å². The van der Waals surface area contributed by atoms with Crippen molar-refractivity contribution in [2.24, 2.45) is 0 Å². The monoisotopic (exact) mass is 158 g/mol. The van der Waals surface area contributed by atoms with Gasteiger partial charge in [-0.3, -0.25) is 4.79 Å². The molecule has 11 heavy (non-hydrogen) atoms. The second-order valence-electron chi connectivity index (χ2n) is 2.96. The average molecular weight is 158 g/mol. The minimum absolute atomic E-state index is 0.0147. The Labute approximate surface area is 66.7 Å². The molecule has 0 aliphatic rings. The van der Waals surface area contributed by atoms with Crippen molar-refractivity contribution in [1.29, 1.82) is 0 Å². The van der Waals surface area contributed by atoms with Crippen molar-refractivity contribution >= 4 is 5.97 Å². The number of hydrogen-bond donors (Lipinski definition) is 1. The van der Waals surface area contributed by atoms with Crippen LogP contribution in [0.25, 0.3) is 0 Å². The Morgan fingerprint density at radius 2 is 2.27 bits per heavy atom. The van der Waals surface area contributed by atoms with Crippen LogP contribution in [0.15, 0.2) is 12.7 Å². The molecule has 0 unspecified atom stereocenters. The first-order chi connectivity index (χ1) is 4.95. The summed E-state index contributed by atoms with van der Waals surface area (Å²) in [5.41, 5.74) is -0.988. The van der Waals surface area contributed by atoms with Crippen LogP contribution in [0.2, 0.25) is 0 Å². The molecular formula is C8H14O3. The van der Waals surface area contributed by atoms with E-state index in [1.54, 1.807) is 13.8 Å². The predicted molar refractivity (Wildman–Crippen MR) is 42.1 cm³/mol. The van der Waals surface area contributed by atoms with Gasteiger partial charge >= 0.3 is 5.97 Å². The van der Waals surface area contributed by atoms with E-state index in [1.165, 1.54) is 6.08 Å². The molecule has 3 nitrogen and oxygen atoms in total. The van der Waals surface area contributed by atoms with Crippen LogP contribution in [-0.4, -0.2) is 23.3 Å². The standard InChI is InChI=1S/C8H14O3/c1-4-5-11-7(9)6-8(2,3)10/h4,10H,1,5-6H2,2-3H3. The van der Waals surface area contributed by atoms with Crippen molar-refractivity contribution in [1.82, 2.24) is 0 Å². The van der Waals surface area contributed by atoms with E-state index >= 15 is 0 Å². The van der Waals surface area contributed by atoms with Crippen molar-refractivity contribution in [2.75, 3.05) is 6.61 Å². The zero-order valence-electron chi connectivity index (χ0n) is 6.96. The average Bonchev–Trinajstić information content (AvgIpc) is 1.79. The Bertz CT molecular complexity index is 144. The molecule has 0 atom stereocenters. The molecule has 64 valence electrons. The van der Waals surface area contributed by atoms with Crippen molar-refractivity contribution < 1.29 is 14.6 Å². The smallest absolute Gasteiger partial charge is 0.308 e. The third kappa shape index (κ3) is 7.06. The topological polar surface area (TPSA) is 46.5 Å². The van der Waals surface area contributed by atoms with Crippen molar-refractivity contribution in [3.8, 4) is 0 Å². The molecule has 0 radical (unpaired) electrons. The first-order valence-corrected chi connectivity index (χ1v) is 3.44. The van der Waals surface area contributed by atoms with E-state index in [9.17, 15) is 4.79 Å². The summed E-state index contributed by atoms with van der Waals surface area (Å²) in [6.07, 6.45) is 1.50. The van der Waals surface area contributed by atoms with Gasteiger partial charge in [-0.05, 0) is 13.8 Å². The Balaban J connectivity index is 3.61. The number of aliphatic hydroxyl groups is 1. The molecule has 0 saturated carbocycles. The highest BCUT2D eigenvalue weighted by molar-refractivity contribution is 5.70. The second kappa shape index (κ2) is 4.13. The Hall–Kier alpha value is -0.830. The molecule has 0 aliphatic carbocycles. The van der Waals surface area contributed by atoms with Gasteiger partial charge in [0, 0.05) is 0 Å². The van der Waals surface area contributed by atoms with Crippen LogP contribution in [0, 0.1) is 0 Å². The van der Waals surface area contributed by atoms with Gasteiger partial charge in [0.25, 0.3) is 0 Å². The Morgan fingerprint density at radius 1 is 1.73 bits per heavy atom. The number of hydrogen-bond acceptors (Lipinski definition) is 3. The van der Waals surface area contributed by atoms with Crippen LogP contribution >= 0.6 is 0 Å². The first-order valence-electron chi connectivity index (χ1n) is 3.44. The summed E-state index contributed by atoms with van der Waals surface area (Å²) in [6, 6.07) is 0. The minimum Gasteiger partial charge on any atom is -0.461 e. The molecule has 0 aromatic heterocycles. The van der Waals surface area contributed by atoms with Gasteiger partial charge in [-0.15, -0.1) is 0 Å². The number of esters is 1. The minimum atomic E-state index is -0.988. The van der Waals surface area contributed by atoms with E-state index in [1.807, 2.05) is 0 Å². The van der Waals surface area contributed by atoms with E-state index in [-0.39, 0.29) is 13.0 Å². The molecule has 0 aromatic rings. The van der Waals surface area contributed by atoms with Crippen LogP contribution in [-0.2, 0) is 9.53 Å². The molecule has 0 fully saturated rings. The Kier molecular flexibility index (Phi) is 3.82.